The molecule has 2 aromatic rings. The van der Waals surface area contributed by atoms with Crippen molar-refractivity contribution in [3.8, 4) is 0 Å². The Hall–Kier alpha value is 0.940. The fourth-order valence-electron chi connectivity index (χ4n) is 1.40. The predicted octanol–water partition coefficient (Wildman–Crippen LogP) is 7.02. The van der Waals surface area contributed by atoms with E-state index in [9.17, 15) is 0 Å². The van der Waals surface area contributed by atoms with Crippen molar-refractivity contribution in [2.24, 2.45) is 0 Å². The van der Waals surface area contributed by atoms with Gasteiger partial charge in [0, 0.05) is 15.1 Å². The summed E-state index contributed by atoms with van der Waals surface area (Å²) in [7, 11) is 0. The van der Waals surface area contributed by atoms with E-state index in [1.807, 2.05) is 24.3 Å². The molecule has 1 aromatic carbocycles. The van der Waals surface area contributed by atoms with Gasteiger partial charge in [0.1, 0.15) is 0 Å². The standard InChI is InChI=1S/C11H5Br3Cl2S/c12-8-2-1-5(15)3-6(8)10(16)7-4-9(13)17-11(7)14/h1-4,10H. The fourth-order valence-corrected chi connectivity index (χ4v) is 5.64. The first-order valence-electron chi connectivity index (χ1n) is 4.53. The number of thiophene rings is 1. The van der Waals surface area contributed by atoms with Crippen molar-refractivity contribution in [1.29, 1.82) is 0 Å². The normalized spacial score (nSPS) is 12.8. The molecule has 1 heterocycles. The summed E-state index contributed by atoms with van der Waals surface area (Å²) in [6, 6.07) is 7.63. The van der Waals surface area contributed by atoms with Crippen LogP contribution < -0.4 is 0 Å². The van der Waals surface area contributed by atoms with Crippen LogP contribution in [0.15, 0.2) is 36.3 Å². The van der Waals surface area contributed by atoms with Crippen LogP contribution in [-0.2, 0) is 0 Å². The largest absolute Gasteiger partial charge is 0.121 e. The van der Waals surface area contributed by atoms with E-state index in [1.54, 1.807) is 11.3 Å². The van der Waals surface area contributed by atoms with E-state index in [1.165, 1.54) is 0 Å². The summed E-state index contributed by atoms with van der Waals surface area (Å²) in [5.74, 6) is 0. The molecular formula is C11H5Br3Cl2S. The minimum absolute atomic E-state index is 0.236. The summed E-state index contributed by atoms with van der Waals surface area (Å²) in [4.78, 5) is 0. The highest BCUT2D eigenvalue weighted by molar-refractivity contribution is 9.12. The highest BCUT2D eigenvalue weighted by atomic mass is 79.9. The Bertz CT molecular complexity index is 554. The molecule has 0 bridgehead atoms. The van der Waals surface area contributed by atoms with Crippen LogP contribution in [0.3, 0.4) is 0 Å². The molecule has 0 fully saturated rings. The van der Waals surface area contributed by atoms with Gasteiger partial charge >= 0.3 is 0 Å². The molecule has 17 heavy (non-hydrogen) atoms. The molecule has 1 aromatic heterocycles. The molecule has 0 aliphatic heterocycles. The van der Waals surface area contributed by atoms with Crippen LogP contribution in [0.25, 0.3) is 0 Å². The molecule has 0 spiro atoms. The van der Waals surface area contributed by atoms with Crippen LogP contribution >= 0.6 is 82.3 Å². The Labute approximate surface area is 139 Å². The fraction of sp³-hybridized carbons (Fsp3) is 0.0909. The first kappa shape index (κ1) is 14.4. The Kier molecular flexibility index (Phi) is 5.01. The van der Waals surface area contributed by atoms with Crippen molar-refractivity contribution in [2.45, 2.75) is 5.38 Å². The van der Waals surface area contributed by atoms with Gasteiger partial charge in [-0.3, -0.25) is 0 Å². The lowest BCUT2D eigenvalue weighted by atomic mass is 10.1. The number of benzene rings is 1. The van der Waals surface area contributed by atoms with Gasteiger partial charge in [-0.25, -0.2) is 0 Å². The highest BCUT2D eigenvalue weighted by Gasteiger charge is 2.19. The Morgan fingerprint density at radius 2 is 1.76 bits per heavy atom. The van der Waals surface area contributed by atoms with Gasteiger partial charge in [0.2, 0.25) is 0 Å². The molecule has 0 radical (unpaired) electrons. The van der Waals surface area contributed by atoms with Crippen LogP contribution in [-0.4, -0.2) is 0 Å². The third kappa shape index (κ3) is 3.28. The van der Waals surface area contributed by atoms with Gasteiger partial charge in [-0.05, 0) is 61.7 Å². The lowest BCUT2D eigenvalue weighted by Gasteiger charge is -2.11. The molecular weight excluding hydrogens is 475 g/mol. The SMILES string of the molecule is Clc1ccc(Br)c(C(Cl)c2cc(Br)sc2Br)c1. The second-order valence-electron chi connectivity index (χ2n) is 3.31. The van der Waals surface area contributed by atoms with E-state index in [-0.39, 0.29) is 5.38 Å². The van der Waals surface area contributed by atoms with Crippen LogP contribution in [0.4, 0.5) is 0 Å². The van der Waals surface area contributed by atoms with E-state index < -0.39 is 0 Å². The average molecular weight is 480 g/mol. The summed E-state index contributed by atoms with van der Waals surface area (Å²) in [6.07, 6.45) is 0. The van der Waals surface area contributed by atoms with Crippen molar-refractivity contribution < 1.29 is 0 Å². The summed E-state index contributed by atoms with van der Waals surface area (Å²) in [5, 5.41) is 0.444. The molecule has 0 saturated heterocycles. The molecule has 0 nitrogen and oxygen atoms in total. The highest BCUT2D eigenvalue weighted by Crippen LogP contribution is 2.43. The van der Waals surface area contributed by atoms with Crippen LogP contribution in [0, 0.1) is 0 Å². The van der Waals surface area contributed by atoms with Crippen LogP contribution in [0.5, 0.6) is 0 Å². The minimum Gasteiger partial charge on any atom is -0.121 e. The molecule has 1 unspecified atom stereocenters. The Morgan fingerprint density at radius 3 is 2.35 bits per heavy atom. The predicted molar refractivity (Wildman–Crippen MR) is 86.6 cm³/mol. The zero-order valence-corrected chi connectivity index (χ0v) is 15.3. The number of alkyl halides is 1. The van der Waals surface area contributed by atoms with Crippen molar-refractivity contribution in [1.82, 2.24) is 0 Å². The third-order valence-electron chi connectivity index (χ3n) is 2.19. The Morgan fingerprint density at radius 1 is 1.06 bits per heavy atom. The Balaban J connectivity index is 2.46. The van der Waals surface area contributed by atoms with E-state index in [4.69, 9.17) is 23.2 Å². The summed E-state index contributed by atoms with van der Waals surface area (Å²) in [6.45, 7) is 0. The van der Waals surface area contributed by atoms with E-state index in [2.05, 4.69) is 47.8 Å². The number of halogens is 5. The van der Waals surface area contributed by atoms with Gasteiger partial charge in [0.25, 0.3) is 0 Å². The molecule has 6 heteroatoms. The molecule has 2 rings (SSSR count). The topological polar surface area (TPSA) is 0 Å². The van der Waals surface area contributed by atoms with E-state index >= 15 is 0 Å². The molecule has 90 valence electrons. The summed E-state index contributed by atoms with van der Waals surface area (Å²) in [5.41, 5.74) is 2.00. The van der Waals surface area contributed by atoms with Crippen LogP contribution in [0.2, 0.25) is 5.02 Å². The van der Waals surface area contributed by atoms with Gasteiger partial charge in [-0.2, -0.15) is 0 Å². The number of hydrogen-bond donors (Lipinski definition) is 0. The van der Waals surface area contributed by atoms with Gasteiger partial charge in [-0.15, -0.1) is 22.9 Å². The molecule has 0 amide bonds. The smallest absolute Gasteiger partial charge is 0.0866 e. The van der Waals surface area contributed by atoms with E-state index in [0.717, 1.165) is 23.2 Å². The number of hydrogen-bond acceptors (Lipinski definition) is 1. The van der Waals surface area contributed by atoms with Crippen molar-refractivity contribution in [3.05, 3.63) is 52.5 Å². The van der Waals surface area contributed by atoms with Crippen molar-refractivity contribution in [3.63, 3.8) is 0 Å². The second-order valence-corrected chi connectivity index (χ2v) is 8.78. The molecule has 1 atom stereocenters. The zero-order chi connectivity index (χ0) is 12.6. The molecule has 0 aliphatic carbocycles. The molecule has 0 N–H and O–H groups in total. The van der Waals surface area contributed by atoms with Gasteiger partial charge in [-0.1, -0.05) is 27.5 Å². The quantitative estimate of drug-likeness (QED) is 0.406. The minimum atomic E-state index is -0.236. The second kappa shape index (κ2) is 5.93. The van der Waals surface area contributed by atoms with Crippen molar-refractivity contribution >= 4 is 82.3 Å². The molecule has 0 aliphatic rings. The maximum absolute atomic E-state index is 6.49. The first-order chi connectivity index (χ1) is 7.99. The first-order valence-corrected chi connectivity index (χ1v) is 8.54. The third-order valence-corrected chi connectivity index (χ3v) is 6.00. The van der Waals surface area contributed by atoms with E-state index in [0.29, 0.717) is 5.02 Å². The van der Waals surface area contributed by atoms with Crippen molar-refractivity contribution in [2.75, 3.05) is 0 Å². The lowest BCUT2D eigenvalue weighted by Crippen LogP contribution is -1.93. The number of rotatable bonds is 2. The van der Waals surface area contributed by atoms with Crippen LogP contribution in [0.1, 0.15) is 16.5 Å². The zero-order valence-electron chi connectivity index (χ0n) is 8.18. The average Bonchev–Trinajstić information content (AvgIpc) is 2.60. The van der Waals surface area contributed by atoms with Gasteiger partial charge in [0.15, 0.2) is 0 Å². The summed E-state index contributed by atoms with van der Waals surface area (Å²) >= 11 is 24.5. The maximum atomic E-state index is 6.49. The monoisotopic (exact) mass is 476 g/mol. The molecule has 0 saturated carbocycles. The van der Waals surface area contributed by atoms with Gasteiger partial charge in [0.05, 0.1) is 12.9 Å². The lowest BCUT2D eigenvalue weighted by molar-refractivity contribution is 1.13. The maximum Gasteiger partial charge on any atom is 0.0866 e. The van der Waals surface area contributed by atoms with Gasteiger partial charge < -0.3 is 0 Å². The summed E-state index contributed by atoms with van der Waals surface area (Å²) < 4.78 is 3.02.